The van der Waals surface area contributed by atoms with Crippen LogP contribution in [0.4, 0.5) is 13.6 Å². The van der Waals surface area contributed by atoms with E-state index in [4.69, 9.17) is 9.47 Å². The molecule has 0 radical (unpaired) electrons. The van der Waals surface area contributed by atoms with Crippen molar-refractivity contribution in [1.29, 1.82) is 0 Å². The number of esters is 1. The SMILES string of the molecule is CC(C)(C)OC(=O)N[C@@H](CCc1ccccc1)C(=O)N[C@@H](COC(F)F)C(=O)N[C@@H](Cc1ccccc1)C(=O)OCc1ccccc1. The molecule has 0 aliphatic carbocycles. The van der Waals surface area contributed by atoms with Crippen LogP contribution in [0.3, 0.4) is 0 Å². The zero-order valence-corrected chi connectivity index (χ0v) is 26.6. The number of halogens is 2. The van der Waals surface area contributed by atoms with E-state index in [1.54, 1.807) is 75.4 Å². The summed E-state index contributed by atoms with van der Waals surface area (Å²) in [6, 6.07) is 22.8. The van der Waals surface area contributed by atoms with E-state index in [0.717, 1.165) is 11.1 Å². The fourth-order valence-electron chi connectivity index (χ4n) is 4.44. The second kappa shape index (κ2) is 18.3. The molecule has 0 fully saturated rings. The number of rotatable bonds is 16. The molecule has 3 N–H and O–H groups in total. The van der Waals surface area contributed by atoms with Crippen molar-refractivity contribution in [2.45, 2.75) is 77.0 Å². The number of benzene rings is 3. The van der Waals surface area contributed by atoms with Crippen LogP contribution in [0.2, 0.25) is 0 Å². The van der Waals surface area contributed by atoms with Gasteiger partial charge in [0.1, 0.15) is 30.3 Å². The third-order valence-corrected chi connectivity index (χ3v) is 6.70. The van der Waals surface area contributed by atoms with Gasteiger partial charge in [0, 0.05) is 6.42 Å². The lowest BCUT2D eigenvalue weighted by Gasteiger charge is -2.26. The Kier molecular flexibility index (Phi) is 14.3. The van der Waals surface area contributed by atoms with Crippen LogP contribution < -0.4 is 16.0 Å². The highest BCUT2D eigenvalue weighted by Crippen LogP contribution is 2.11. The quantitative estimate of drug-likeness (QED) is 0.191. The van der Waals surface area contributed by atoms with Crippen LogP contribution in [0.5, 0.6) is 0 Å². The first-order chi connectivity index (χ1) is 22.4. The molecule has 3 aromatic carbocycles. The number of hydrogen-bond acceptors (Lipinski definition) is 7. The summed E-state index contributed by atoms with van der Waals surface area (Å²) in [5.41, 5.74) is 1.44. The predicted octanol–water partition coefficient (Wildman–Crippen LogP) is 4.71. The Hall–Kier alpha value is -4.84. The van der Waals surface area contributed by atoms with E-state index in [0.29, 0.717) is 12.0 Å². The van der Waals surface area contributed by atoms with Crippen molar-refractivity contribution in [2.24, 2.45) is 0 Å². The van der Waals surface area contributed by atoms with Gasteiger partial charge < -0.3 is 30.2 Å². The first-order valence-electron chi connectivity index (χ1n) is 15.2. The maximum Gasteiger partial charge on any atom is 0.408 e. The number of carbonyl (C=O) groups is 4. The maximum absolute atomic E-state index is 13.5. The van der Waals surface area contributed by atoms with Gasteiger partial charge in [0.15, 0.2) is 0 Å². The van der Waals surface area contributed by atoms with Crippen molar-refractivity contribution in [3.63, 3.8) is 0 Å². The van der Waals surface area contributed by atoms with Crippen LogP contribution >= 0.6 is 0 Å². The first-order valence-corrected chi connectivity index (χ1v) is 15.2. The summed E-state index contributed by atoms with van der Waals surface area (Å²) in [6.45, 7) is 0.755. The molecule has 0 unspecified atom stereocenters. The summed E-state index contributed by atoms with van der Waals surface area (Å²) in [5, 5.41) is 7.45. The fraction of sp³-hybridized carbons (Fsp3) is 0.371. The summed E-state index contributed by atoms with van der Waals surface area (Å²) in [7, 11) is 0. The monoisotopic (exact) mass is 653 g/mol. The van der Waals surface area contributed by atoms with E-state index in [-0.39, 0.29) is 19.4 Å². The van der Waals surface area contributed by atoms with E-state index < -0.39 is 60.8 Å². The van der Waals surface area contributed by atoms with E-state index >= 15 is 0 Å². The second-order valence-electron chi connectivity index (χ2n) is 11.7. The summed E-state index contributed by atoms with van der Waals surface area (Å²) in [6.07, 6.45) is -0.386. The molecule has 0 aliphatic rings. The van der Waals surface area contributed by atoms with Crippen molar-refractivity contribution < 1.29 is 42.2 Å². The predicted molar refractivity (Wildman–Crippen MR) is 170 cm³/mol. The highest BCUT2D eigenvalue weighted by atomic mass is 19.3. The van der Waals surface area contributed by atoms with Crippen LogP contribution in [0, 0.1) is 0 Å². The van der Waals surface area contributed by atoms with Crippen LogP contribution in [0.25, 0.3) is 0 Å². The third kappa shape index (κ3) is 14.0. The van der Waals surface area contributed by atoms with Crippen molar-refractivity contribution in [3.8, 4) is 0 Å². The number of hydrogen-bond donors (Lipinski definition) is 3. The molecule has 0 saturated carbocycles. The average Bonchev–Trinajstić information content (AvgIpc) is 3.03. The van der Waals surface area contributed by atoms with Gasteiger partial charge in [-0.15, -0.1) is 0 Å². The molecule has 3 aromatic rings. The number of carbonyl (C=O) groups excluding carboxylic acids is 4. The number of alkyl halides is 2. The van der Waals surface area contributed by atoms with Gasteiger partial charge in [-0.05, 0) is 50.3 Å². The molecule has 3 amide bonds. The normalized spacial score (nSPS) is 13.1. The van der Waals surface area contributed by atoms with Crippen LogP contribution in [0.15, 0.2) is 91.0 Å². The molecule has 10 nitrogen and oxygen atoms in total. The van der Waals surface area contributed by atoms with Gasteiger partial charge >= 0.3 is 18.7 Å². The molecular weight excluding hydrogens is 612 g/mol. The highest BCUT2D eigenvalue weighted by Gasteiger charge is 2.32. The molecule has 0 saturated heterocycles. The maximum atomic E-state index is 13.5. The van der Waals surface area contributed by atoms with Crippen LogP contribution in [-0.2, 0) is 48.0 Å². The standard InChI is InChI=1S/C35H41F2N3O7/c1-35(2,3)47-34(44)40-27(20-19-24-13-7-4-8-14-24)30(41)39-29(23-46-33(36)37)31(42)38-28(21-25-15-9-5-10-16-25)32(43)45-22-26-17-11-6-12-18-26/h4-18,27-29,33H,19-23H2,1-3H3,(H,38,42)(H,39,41)(H,40,44)/t27-,28-,29-/m0/s1. The van der Waals surface area contributed by atoms with Crippen molar-refractivity contribution in [2.75, 3.05) is 6.61 Å². The number of nitrogens with one attached hydrogen (secondary N) is 3. The lowest BCUT2D eigenvalue weighted by molar-refractivity contribution is -0.153. The molecule has 0 spiro atoms. The molecule has 3 rings (SSSR count). The summed E-state index contributed by atoms with van der Waals surface area (Å²) in [5.74, 6) is -2.56. The van der Waals surface area contributed by atoms with E-state index in [9.17, 15) is 28.0 Å². The molecule has 0 aliphatic heterocycles. The van der Waals surface area contributed by atoms with Gasteiger partial charge in [-0.2, -0.15) is 8.78 Å². The first kappa shape index (κ1) is 36.6. The number of ether oxygens (including phenoxy) is 3. The fourth-order valence-corrected chi connectivity index (χ4v) is 4.44. The van der Waals surface area contributed by atoms with Gasteiger partial charge in [-0.3, -0.25) is 9.59 Å². The molecule has 47 heavy (non-hydrogen) atoms. The Morgan fingerprint density at radius 1 is 0.681 bits per heavy atom. The van der Waals surface area contributed by atoms with Crippen LogP contribution in [-0.4, -0.2) is 60.8 Å². The summed E-state index contributed by atoms with van der Waals surface area (Å²) < 4.78 is 41.4. The Balaban J connectivity index is 1.79. The Bertz CT molecular complexity index is 1420. The largest absolute Gasteiger partial charge is 0.459 e. The smallest absolute Gasteiger partial charge is 0.408 e. The summed E-state index contributed by atoms with van der Waals surface area (Å²) in [4.78, 5) is 52.8. The Labute approximate surface area is 273 Å². The lowest BCUT2D eigenvalue weighted by atomic mass is 10.0. The molecule has 252 valence electrons. The number of aryl methyl sites for hydroxylation is 1. The Morgan fingerprint density at radius 2 is 1.19 bits per heavy atom. The Morgan fingerprint density at radius 3 is 1.74 bits per heavy atom. The van der Waals surface area contributed by atoms with E-state index in [2.05, 4.69) is 20.7 Å². The minimum Gasteiger partial charge on any atom is -0.459 e. The zero-order chi connectivity index (χ0) is 34.2. The van der Waals surface area contributed by atoms with Gasteiger partial charge in [-0.1, -0.05) is 91.0 Å². The molecule has 0 bridgehead atoms. The topological polar surface area (TPSA) is 132 Å². The molecular formula is C35H41F2N3O7. The molecule has 3 atom stereocenters. The second-order valence-corrected chi connectivity index (χ2v) is 11.7. The number of amides is 3. The summed E-state index contributed by atoms with van der Waals surface area (Å²) >= 11 is 0. The number of alkyl carbamates (subject to hydrolysis) is 1. The van der Waals surface area contributed by atoms with Crippen molar-refractivity contribution in [1.82, 2.24) is 16.0 Å². The highest BCUT2D eigenvalue weighted by molar-refractivity contribution is 5.93. The molecule has 0 aromatic heterocycles. The lowest BCUT2D eigenvalue weighted by Crippen LogP contribution is -2.58. The van der Waals surface area contributed by atoms with Gasteiger partial charge in [0.25, 0.3) is 0 Å². The van der Waals surface area contributed by atoms with E-state index in [1.165, 1.54) is 0 Å². The third-order valence-electron chi connectivity index (χ3n) is 6.70. The van der Waals surface area contributed by atoms with E-state index in [1.807, 2.05) is 36.4 Å². The van der Waals surface area contributed by atoms with Crippen molar-refractivity contribution in [3.05, 3.63) is 108 Å². The average molecular weight is 654 g/mol. The van der Waals surface area contributed by atoms with Gasteiger partial charge in [-0.25, -0.2) is 9.59 Å². The minimum atomic E-state index is -3.24. The molecule has 0 heterocycles. The van der Waals surface area contributed by atoms with Crippen LogP contribution in [0.1, 0.15) is 43.9 Å². The minimum absolute atomic E-state index is 0.0243. The van der Waals surface area contributed by atoms with Crippen molar-refractivity contribution >= 4 is 23.9 Å². The van der Waals surface area contributed by atoms with Gasteiger partial charge in [0.05, 0.1) is 6.61 Å². The van der Waals surface area contributed by atoms with Gasteiger partial charge in [0.2, 0.25) is 11.8 Å². The zero-order valence-electron chi connectivity index (χ0n) is 26.6. The molecule has 12 heteroatoms.